The molecule has 1 aliphatic carbocycles. The van der Waals surface area contributed by atoms with Crippen molar-refractivity contribution in [3.63, 3.8) is 0 Å². The van der Waals surface area contributed by atoms with Gasteiger partial charge in [-0.15, -0.1) is 21.5 Å². The number of pyridine rings is 1. The van der Waals surface area contributed by atoms with E-state index in [2.05, 4.69) is 31.1 Å². The van der Waals surface area contributed by atoms with Crippen LogP contribution in [0.4, 0.5) is 5.00 Å². The fraction of sp³-hybridized carbons (Fsp3) is 0.278. The lowest BCUT2D eigenvalue weighted by atomic mass is 10.2. The van der Waals surface area contributed by atoms with Gasteiger partial charge in [-0.2, -0.15) is 5.26 Å². The predicted octanol–water partition coefficient (Wildman–Crippen LogP) is 3.73. The molecule has 1 amide bonds. The smallest absolute Gasteiger partial charge is 0.238 e. The molecule has 1 saturated carbocycles. The Balaban J connectivity index is 1.53. The molecule has 0 saturated heterocycles. The van der Waals surface area contributed by atoms with Gasteiger partial charge in [0.2, 0.25) is 5.91 Å². The van der Waals surface area contributed by atoms with Crippen LogP contribution in [0.2, 0.25) is 0 Å². The highest BCUT2D eigenvalue weighted by Crippen LogP contribution is 2.41. The van der Waals surface area contributed by atoms with Gasteiger partial charge in [-0.3, -0.25) is 14.3 Å². The summed E-state index contributed by atoms with van der Waals surface area (Å²) in [5.41, 5.74) is 1.44. The van der Waals surface area contributed by atoms with Crippen LogP contribution < -0.4 is 5.32 Å². The average molecular weight is 397 g/mol. The van der Waals surface area contributed by atoms with Crippen LogP contribution in [-0.2, 0) is 4.79 Å². The van der Waals surface area contributed by atoms with Crippen LogP contribution in [0.5, 0.6) is 0 Å². The molecular formula is C18H16N6OS2. The zero-order chi connectivity index (χ0) is 18.8. The third-order valence-corrected chi connectivity index (χ3v) is 6.08. The topological polar surface area (TPSA) is 96.5 Å². The summed E-state index contributed by atoms with van der Waals surface area (Å²) in [5, 5.41) is 23.3. The van der Waals surface area contributed by atoms with Gasteiger partial charge < -0.3 is 5.32 Å². The van der Waals surface area contributed by atoms with E-state index in [0.717, 1.165) is 29.4 Å². The Hall–Kier alpha value is -2.70. The molecule has 0 aromatic carbocycles. The first kappa shape index (κ1) is 17.7. The first-order valence-corrected chi connectivity index (χ1v) is 10.2. The number of hydrogen-bond donors (Lipinski definition) is 1. The van der Waals surface area contributed by atoms with Gasteiger partial charge >= 0.3 is 0 Å². The van der Waals surface area contributed by atoms with Crippen molar-refractivity contribution in [1.29, 1.82) is 5.26 Å². The van der Waals surface area contributed by atoms with Crippen molar-refractivity contribution < 1.29 is 4.79 Å². The lowest BCUT2D eigenvalue weighted by Crippen LogP contribution is -2.22. The van der Waals surface area contributed by atoms with Crippen molar-refractivity contribution in [2.45, 2.75) is 36.2 Å². The largest absolute Gasteiger partial charge is 0.316 e. The number of anilines is 1. The molecule has 1 unspecified atom stereocenters. The van der Waals surface area contributed by atoms with E-state index in [-0.39, 0.29) is 11.2 Å². The summed E-state index contributed by atoms with van der Waals surface area (Å²) >= 11 is 2.72. The molecule has 3 aromatic heterocycles. The van der Waals surface area contributed by atoms with E-state index >= 15 is 0 Å². The quantitative estimate of drug-likeness (QED) is 0.638. The van der Waals surface area contributed by atoms with Crippen molar-refractivity contribution >= 4 is 34.0 Å². The van der Waals surface area contributed by atoms with Gasteiger partial charge in [0.25, 0.3) is 0 Å². The highest BCUT2D eigenvalue weighted by molar-refractivity contribution is 8.00. The van der Waals surface area contributed by atoms with Crippen molar-refractivity contribution in [2.75, 3.05) is 5.32 Å². The van der Waals surface area contributed by atoms with Gasteiger partial charge in [-0.05, 0) is 43.3 Å². The van der Waals surface area contributed by atoms with Gasteiger partial charge in [-0.1, -0.05) is 11.8 Å². The van der Waals surface area contributed by atoms with Gasteiger partial charge in [0.15, 0.2) is 11.0 Å². The van der Waals surface area contributed by atoms with Crippen LogP contribution >= 0.6 is 23.1 Å². The lowest BCUT2D eigenvalue weighted by molar-refractivity contribution is -0.115. The molecule has 3 aromatic rings. The maximum Gasteiger partial charge on any atom is 0.238 e. The minimum Gasteiger partial charge on any atom is -0.316 e. The summed E-state index contributed by atoms with van der Waals surface area (Å²) in [5.74, 6) is 0.648. The third-order valence-electron chi connectivity index (χ3n) is 4.19. The van der Waals surface area contributed by atoms with Crippen LogP contribution in [0, 0.1) is 11.3 Å². The number of nitrogens with one attached hydrogen (secondary N) is 1. The van der Waals surface area contributed by atoms with E-state index < -0.39 is 0 Å². The van der Waals surface area contributed by atoms with E-state index in [1.807, 2.05) is 19.1 Å². The molecule has 1 aliphatic rings. The number of nitrogens with zero attached hydrogens (tertiary/aromatic N) is 5. The van der Waals surface area contributed by atoms with Crippen molar-refractivity contribution in [3.05, 3.63) is 41.5 Å². The molecule has 9 heteroatoms. The van der Waals surface area contributed by atoms with Crippen LogP contribution in [0.15, 0.2) is 41.1 Å². The molecule has 27 heavy (non-hydrogen) atoms. The van der Waals surface area contributed by atoms with Crippen molar-refractivity contribution in [1.82, 2.24) is 19.7 Å². The Labute approximate surface area is 164 Å². The average Bonchev–Trinajstić information content (AvgIpc) is 3.28. The summed E-state index contributed by atoms with van der Waals surface area (Å²) in [6.45, 7) is 1.83. The first-order chi connectivity index (χ1) is 13.2. The standard InChI is InChI=1S/C18H16N6OS2/c1-11(16(25)21-17-13(10-19)6-9-26-17)27-18-23-22-15(24(18)14-2-3-14)12-4-7-20-8-5-12/h4-9,11,14H,2-3H2,1H3,(H,21,25). The Morgan fingerprint density at radius 3 is 2.85 bits per heavy atom. The van der Waals surface area contributed by atoms with E-state index in [0.29, 0.717) is 16.6 Å². The minimum atomic E-state index is -0.370. The molecule has 7 nitrogen and oxygen atoms in total. The summed E-state index contributed by atoms with van der Waals surface area (Å²) in [7, 11) is 0. The molecule has 0 spiro atoms. The zero-order valence-corrected chi connectivity index (χ0v) is 16.1. The Bertz CT molecular complexity index is 1000. The number of thioether (sulfide) groups is 1. The number of hydrogen-bond acceptors (Lipinski definition) is 7. The number of amides is 1. The van der Waals surface area contributed by atoms with Crippen molar-refractivity contribution in [3.8, 4) is 17.5 Å². The summed E-state index contributed by atoms with van der Waals surface area (Å²) in [6, 6.07) is 7.98. The van der Waals surface area contributed by atoms with Crippen LogP contribution in [0.1, 0.15) is 31.4 Å². The minimum absolute atomic E-state index is 0.158. The molecule has 0 radical (unpaired) electrons. The molecule has 4 rings (SSSR count). The second kappa shape index (κ2) is 7.50. The van der Waals surface area contributed by atoms with E-state index in [9.17, 15) is 4.79 Å². The predicted molar refractivity (Wildman–Crippen MR) is 105 cm³/mol. The molecule has 0 aliphatic heterocycles. The first-order valence-electron chi connectivity index (χ1n) is 8.47. The highest BCUT2D eigenvalue weighted by atomic mass is 32.2. The monoisotopic (exact) mass is 396 g/mol. The Kier molecular flexibility index (Phi) is 4.92. The number of nitriles is 1. The fourth-order valence-electron chi connectivity index (χ4n) is 2.64. The van der Waals surface area contributed by atoms with Crippen LogP contribution in [0.25, 0.3) is 11.4 Å². The second-order valence-corrected chi connectivity index (χ2v) is 8.39. The van der Waals surface area contributed by atoms with Crippen LogP contribution in [-0.4, -0.2) is 30.9 Å². The molecule has 1 fully saturated rings. The van der Waals surface area contributed by atoms with E-state index in [4.69, 9.17) is 5.26 Å². The molecule has 1 atom stereocenters. The van der Waals surface area contributed by atoms with Gasteiger partial charge in [0, 0.05) is 24.0 Å². The highest BCUT2D eigenvalue weighted by Gasteiger charge is 2.31. The van der Waals surface area contributed by atoms with E-state index in [1.165, 1.54) is 23.1 Å². The van der Waals surface area contributed by atoms with E-state index in [1.54, 1.807) is 23.8 Å². The van der Waals surface area contributed by atoms with Crippen molar-refractivity contribution in [2.24, 2.45) is 0 Å². The Morgan fingerprint density at radius 1 is 1.37 bits per heavy atom. The number of carbonyl (C=O) groups is 1. The number of carbonyl (C=O) groups excluding carboxylic acids is 1. The molecular weight excluding hydrogens is 380 g/mol. The summed E-state index contributed by atoms with van der Waals surface area (Å²) < 4.78 is 2.12. The van der Waals surface area contributed by atoms with Gasteiger partial charge in [0.1, 0.15) is 11.1 Å². The maximum atomic E-state index is 12.6. The normalized spacial score (nSPS) is 14.5. The molecule has 3 heterocycles. The fourth-order valence-corrected chi connectivity index (χ4v) is 4.30. The van der Waals surface area contributed by atoms with Gasteiger partial charge in [0.05, 0.1) is 10.8 Å². The summed E-state index contributed by atoms with van der Waals surface area (Å²) in [6.07, 6.45) is 5.64. The second-order valence-electron chi connectivity index (χ2n) is 6.17. The maximum absolute atomic E-state index is 12.6. The SMILES string of the molecule is CC(Sc1nnc(-c2ccncc2)n1C1CC1)C(=O)Nc1sccc1C#N. The molecule has 1 N–H and O–H groups in total. The third kappa shape index (κ3) is 3.72. The lowest BCUT2D eigenvalue weighted by Gasteiger charge is -2.13. The van der Waals surface area contributed by atoms with Crippen LogP contribution in [0.3, 0.4) is 0 Å². The molecule has 136 valence electrons. The Morgan fingerprint density at radius 2 is 2.15 bits per heavy atom. The van der Waals surface area contributed by atoms with Gasteiger partial charge in [-0.25, -0.2) is 0 Å². The number of rotatable bonds is 6. The molecule has 0 bridgehead atoms. The number of aromatic nitrogens is 4. The number of thiophene rings is 1. The summed E-state index contributed by atoms with van der Waals surface area (Å²) in [4.78, 5) is 16.6. The zero-order valence-electron chi connectivity index (χ0n) is 14.5.